The van der Waals surface area contributed by atoms with Gasteiger partial charge in [0.15, 0.2) is 0 Å². The van der Waals surface area contributed by atoms with E-state index in [1.807, 2.05) is 56.0 Å². The van der Waals surface area contributed by atoms with Crippen molar-refractivity contribution in [2.45, 2.75) is 103 Å². The van der Waals surface area contributed by atoms with Crippen molar-refractivity contribution in [2.24, 2.45) is 0 Å². The average molecular weight is 548 g/mol. The molecule has 0 unspecified atom stereocenters. The Morgan fingerprint density at radius 3 is 2.23 bits per heavy atom. The fourth-order valence-electron chi connectivity index (χ4n) is 4.42. The highest BCUT2D eigenvalue weighted by atomic mass is 16.6. The maximum absolute atomic E-state index is 13.4. The van der Waals surface area contributed by atoms with E-state index in [0.717, 1.165) is 12.0 Å². The van der Waals surface area contributed by atoms with Crippen molar-refractivity contribution in [3.8, 4) is 0 Å². The van der Waals surface area contributed by atoms with E-state index in [1.54, 1.807) is 27.7 Å². The summed E-state index contributed by atoms with van der Waals surface area (Å²) in [5, 5.41) is 5.57. The van der Waals surface area contributed by atoms with Gasteiger partial charge in [-0.2, -0.15) is 0 Å². The molecule has 10 nitrogen and oxygen atoms in total. The third-order valence-electron chi connectivity index (χ3n) is 5.95. The molecule has 1 heterocycles. The number of esters is 2. The monoisotopic (exact) mass is 547 g/mol. The minimum atomic E-state index is -0.911. The summed E-state index contributed by atoms with van der Waals surface area (Å²) in [4.78, 5) is 53.2. The van der Waals surface area contributed by atoms with Crippen molar-refractivity contribution in [3.63, 3.8) is 0 Å². The molecule has 0 spiro atoms. The third-order valence-corrected chi connectivity index (χ3v) is 5.95. The van der Waals surface area contributed by atoms with Gasteiger partial charge >= 0.3 is 18.0 Å². The van der Waals surface area contributed by atoms with Gasteiger partial charge in [-0.15, -0.1) is 0 Å². The second-order valence-electron chi connectivity index (χ2n) is 11.7. The lowest BCUT2D eigenvalue weighted by atomic mass is 10.0. The second kappa shape index (κ2) is 14.3. The van der Waals surface area contributed by atoms with E-state index >= 15 is 0 Å². The Hall–Kier alpha value is -3.14. The van der Waals surface area contributed by atoms with Gasteiger partial charge < -0.3 is 24.8 Å². The normalized spacial score (nSPS) is 17.6. The van der Waals surface area contributed by atoms with Gasteiger partial charge in [0.25, 0.3) is 0 Å². The van der Waals surface area contributed by atoms with Gasteiger partial charge in [0, 0.05) is 19.0 Å². The second-order valence-corrected chi connectivity index (χ2v) is 11.7. The SMILES string of the molecule is CCOC(=O)C[C@H](CNC(=O)[C@H](Cc1ccccc1)NC(=O)OC(C)(C)C)N1CCC[C@H]1C(=O)OC(C)(C)C. The molecule has 2 amide bonds. The van der Waals surface area contributed by atoms with Gasteiger partial charge in [0.1, 0.15) is 23.3 Å². The standard InChI is InChI=1S/C29H45N3O7/c1-8-37-24(33)18-21(32-16-12-15-23(32)26(35)38-28(2,3)4)19-30-25(34)22(17-20-13-10-9-11-14-20)31-27(36)39-29(5,6)7/h9-11,13-14,21-23H,8,12,15-19H2,1-7H3,(H,30,34)(H,31,36)/t21-,22+,23+/m1/s1. The molecule has 1 aliphatic rings. The molecule has 0 saturated carbocycles. The van der Waals surface area contributed by atoms with Gasteiger partial charge in [-0.25, -0.2) is 4.79 Å². The highest BCUT2D eigenvalue weighted by Crippen LogP contribution is 2.25. The molecule has 1 saturated heterocycles. The van der Waals surface area contributed by atoms with Crippen molar-refractivity contribution >= 4 is 23.9 Å². The number of hydrogen-bond donors (Lipinski definition) is 2. The first-order valence-electron chi connectivity index (χ1n) is 13.6. The predicted molar refractivity (Wildman–Crippen MR) is 147 cm³/mol. The number of nitrogens with zero attached hydrogens (tertiary/aromatic N) is 1. The average Bonchev–Trinajstić information content (AvgIpc) is 3.30. The first kappa shape index (κ1) is 32.1. The maximum Gasteiger partial charge on any atom is 0.408 e. The summed E-state index contributed by atoms with van der Waals surface area (Å²) in [5.74, 6) is -1.19. The third kappa shape index (κ3) is 11.6. The number of rotatable bonds is 11. The van der Waals surface area contributed by atoms with Crippen LogP contribution in [0.4, 0.5) is 4.79 Å². The molecule has 218 valence electrons. The van der Waals surface area contributed by atoms with Crippen molar-refractivity contribution in [1.82, 2.24) is 15.5 Å². The van der Waals surface area contributed by atoms with Crippen molar-refractivity contribution in [1.29, 1.82) is 0 Å². The van der Waals surface area contributed by atoms with E-state index in [9.17, 15) is 19.2 Å². The van der Waals surface area contributed by atoms with Crippen LogP contribution in [0.2, 0.25) is 0 Å². The zero-order chi connectivity index (χ0) is 29.2. The summed E-state index contributed by atoms with van der Waals surface area (Å²) in [6.07, 6.45) is 0.897. The molecule has 1 aliphatic heterocycles. The lowest BCUT2D eigenvalue weighted by Gasteiger charge is -2.33. The van der Waals surface area contributed by atoms with Gasteiger partial charge in [-0.3, -0.25) is 19.3 Å². The molecule has 2 rings (SSSR count). The van der Waals surface area contributed by atoms with E-state index in [1.165, 1.54) is 0 Å². The molecule has 10 heteroatoms. The number of carbonyl (C=O) groups is 4. The van der Waals surface area contributed by atoms with Crippen LogP contribution in [0.25, 0.3) is 0 Å². The highest BCUT2D eigenvalue weighted by Gasteiger charge is 2.39. The van der Waals surface area contributed by atoms with Crippen LogP contribution in [0.3, 0.4) is 0 Å². The van der Waals surface area contributed by atoms with E-state index in [4.69, 9.17) is 14.2 Å². The summed E-state index contributed by atoms with van der Waals surface area (Å²) < 4.78 is 16.2. The van der Waals surface area contributed by atoms with Crippen molar-refractivity contribution < 1.29 is 33.4 Å². The first-order valence-corrected chi connectivity index (χ1v) is 13.6. The van der Waals surface area contributed by atoms with Crippen LogP contribution in [0.15, 0.2) is 30.3 Å². The van der Waals surface area contributed by atoms with Crippen molar-refractivity contribution in [2.75, 3.05) is 19.7 Å². The molecule has 0 bridgehead atoms. The fourth-order valence-corrected chi connectivity index (χ4v) is 4.42. The van der Waals surface area contributed by atoms with Gasteiger partial charge in [0.2, 0.25) is 5.91 Å². The maximum atomic E-state index is 13.4. The Balaban J connectivity index is 2.19. The molecule has 1 fully saturated rings. The summed E-state index contributed by atoms with van der Waals surface area (Å²) >= 11 is 0. The zero-order valence-electron chi connectivity index (χ0n) is 24.4. The fraction of sp³-hybridized carbons (Fsp3) is 0.655. The Labute approximate surface area is 232 Å². The number of amides is 2. The quantitative estimate of drug-likeness (QED) is 0.319. The lowest BCUT2D eigenvalue weighted by molar-refractivity contribution is -0.162. The van der Waals surface area contributed by atoms with Crippen LogP contribution in [-0.4, -0.2) is 77.9 Å². The van der Waals surface area contributed by atoms with E-state index in [0.29, 0.717) is 13.0 Å². The molecule has 39 heavy (non-hydrogen) atoms. The number of likely N-dealkylation sites (tertiary alicyclic amines) is 1. The smallest absolute Gasteiger partial charge is 0.408 e. The van der Waals surface area contributed by atoms with Gasteiger partial charge in [0.05, 0.1) is 13.0 Å². The Morgan fingerprint density at radius 2 is 1.64 bits per heavy atom. The van der Waals surface area contributed by atoms with Crippen LogP contribution >= 0.6 is 0 Å². The number of nitrogens with one attached hydrogen (secondary N) is 2. The molecular formula is C29H45N3O7. The van der Waals surface area contributed by atoms with Crippen LogP contribution in [0.1, 0.15) is 73.3 Å². The predicted octanol–water partition coefficient (Wildman–Crippen LogP) is 3.37. The Morgan fingerprint density at radius 1 is 1.00 bits per heavy atom. The minimum Gasteiger partial charge on any atom is -0.466 e. The van der Waals surface area contributed by atoms with Crippen LogP contribution < -0.4 is 10.6 Å². The van der Waals surface area contributed by atoms with E-state index in [2.05, 4.69) is 10.6 Å². The lowest BCUT2D eigenvalue weighted by Crippen LogP contribution is -2.54. The number of ether oxygens (including phenoxy) is 3. The molecular weight excluding hydrogens is 502 g/mol. The molecule has 1 aromatic carbocycles. The minimum absolute atomic E-state index is 0.00371. The number of alkyl carbamates (subject to hydrolysis) is 1. The van der Waals surface area contributed by atoms with E-state index in [-0.39, 0.29) is 32.0 Å². The summed E-state index contributed by atoms with van der Waals surface area (Å²) in [6, 6.07) is 7.40. The Kier molecular flexibility index (Phi) is 11.8. The number of benzene rings is 1. The topological polar surface area (TPSA) is 123 Å². The molecule has 3 atom stereocenters. The molecule has 1 aromatic rings. The Bertz CT molecular complexity index is 969. The largest absolute Gasteiger partial charge is 0.466 e. The first-order chi connectivity index (χ1) is 18.2. The van der Waals surface area contributed by atoms with Gasteiger partial charge in [-0.1, -0.05) is 30.3 Å². The van der Waals surface area contributed by atoms with Crippen LogP contribution in [-0.2, 0) is 35.0 Å². The molecule has 0 aromatic heterocycles. The highest BCUT2D eigenvalue weighted by molar-refractivity contribution is 5.86. The zero-order valence-corrected chi connectivity index (χ0v) is 24.4. The van der Waals surface area contributed by atoms with Crippen molar-refractivity contribution in [3.05, 3.63) is 35.9 Å². The number of hydrogen-bond acceptors (Lipinski definition) is 8. The molecule has 0 aliphatic carbocycles. The van der Waals surface area contributed by atoms with Gasteiger partial charge in [-0.05, 0) is 73.4 Å². The summed E-state index contributed by atoms with van der Waals surface area (Å²) in [6.45, 7) is 13.3. The number of carbonyl (C=O) groups excluding carboxylic acids is 4. The van der Waals surface area contributed by atoms with Crippen LogP contribution in [0, 0.1) is 0 Å². The van der Waals surface area contributed by atoms with Crippen LogP contribution in [0.5, 0.6) is 0 Å². The van der Waals surface area contributed by atoms with E-state index < -0.39 is 47.3 Å². The summed E-state index contributed by atoms with van der Waals surface area (Å²) in [7, 11) is 0. The molecule has 0 radical (unpaired) electrons. The molecule has 2 N–H and O–H groups in total. The summed E-state index contributed by atoms with van der Waals surface area (Å²) in [5.41, 5.74) is -0.509.